The number of carbonyl (C=O) groups excluding carboxylic acids is 1. The number of terminal acetylenes is 1. The van der Waals surface area contributed by atoms with E-state index in [1.165, 1.54) is 13.3 Å². The second-order valence-corrected chi connectivity index (χ2v) is 11.3. The predicted octanol–water partition coefficient (Wildman–Crippen LogP) is 2.96. The molecule has 10 heteroatoms. The first-order chi connectivity index (χ1) is 17.7. The van der Waals surface area contributed by atoms with Crippen LogP contribution in [0.2, 0.25) is 0 Å². The third-order valence-electron chi connectivity index (χ3n) is 6.91. The zero-order valence-electron chi connectivity index (χ0n) is 20.7. The average Bonchev–Trinajstić information content (AvgIpc) is 3.43. The Labute approximate surface area is 217 Å². The number of rotatable bonds is 10. The quantitative estimate of drug-likeness (QED) is 0.395. The van der Waals surface area contributed by atoms with Gasteiger partial charge in [-0.1, -0.05) is 55.5 Å². The van der Waals surface area contributed by atoms with Crippen LogP contribution in [0.25, 0.3) is 5.69 Å². The van der Waals surface area contributed by atoms with Crippen LogP contribution < -0.4 is 15.2 Å². The monoisotopic (exact) mass is 521 g/mol. The number of hydrogen-bond donors (Lipinski definition) is 2. The van der Waals surface area contributed by atoms with Crippen LogP contribution >= 0.6 is 0 Å². The van der Waals surface area contributed by atoms with Crippen LogP contribution in [-0.2, 0) is 20.6 Å². The van der Waals surface area contributed by atoms with Crippen molar-refractivity contribution in [2.45, 2.75) is 56.4 Å². The summed E-state index contributed by atoms with van der Waals surface area (Å²) in [5.74, 6) is 2.11. The standard InChI is InChI=1S/C27H31N5O4S/c1-3-27(16-8-5-9-17-27)24(36-23-14-12-22(13-15-23)32-20-29-19-30-32)26(2,25(28)33)31-37(34,35)18-21-10-6-4-7-11-21/h1,4,6-7,10-15,19-20,24,31H,5,8-9,16-18H2,2H3,(H2,28,33). The normalized spacial score (nSPS) is 17.7. The molecule has 0 radical (unpaired) electrons. The second-order valence-electron chi connectivity index (χ2n) is 9.61. The van der Waals surface area contributed by atoms with E-state index in [0.29, 0.717) is 24.2 Å². The average molecular weight is 522 g/mol. The van der Waals surface area contributed by atoms with Gasteiger partial charge in [0, 0.05) is 0 Å². The summed E-state index contributed by atoms with van der Waals surface area (Å²) in [5.41, 5.74) is 4.52. The van der Waals surface area contributed by atoms with Crippen LogP contribution in [0, 0.1) is 17.8 Å². The van der Waals surface area contributed by atoms with Crippen LogP contribution in [0.15, 0.2) is 67.3 Å². The molecule has 1 fully saturated rings. The molecular formula is C27H31N5O4S. The number of sulfonamides is 1. The summed E-state index contributed by atoms with van der Waals surface area (Å²) in [5, 5.41) is 4.11. The second kappa shape index (κ2) is 10.7. The van der Waals surface area contributed by atoms with Crippen LogP contribution in [0.1, 0.15) is 44.6 Å². The number of carbonyl (C=O) groups is 1. The van der Waals surface area contributed by atoms with Crippen molar-refractivity contribution in [2.75, 3.05) is 0 Å². The maximum atomic E-state index is 13.3. The molecule has 0 bridgehead atoms. The number of amides is 1. The fraction of sp³-hybridized carbons (Fsp3) is 0.370. The molecule has 37 heavy (non-hydrogen) atoms. The van der Waals surface area contributed by atoms with E-state index in [4.69, 9.17) is 16.9 Å². The van der Waals surface area contributed by atoms with E-state index < -0.39 is 33.0 Å². The van der Waals surface area contributed by atoms with Crippen molar-refractivity contribution in [3.8, 4) is 23.8 Å². The van der Waals surface area contributed by atoms with Gasteiger partial charge < -0.3 is 10.5 Å². The molecule has 9 nitrogen and oxygen atoms in total. The molecule has 2 atom stereocenters. The molecule has 194 valence electrons. The largest absolute Gasteiger partial charge is 0.486 e. The van der Waals surface area contributed by atoms with Gasteiger partial charge in [0.1, 0.15) is 30.0 Å². The summed E-state index contributed by atoms with van der Waals surface area (Å²) >= 11 is 0. The minimum Gasteiger partial charge on any atom is -0.486 e. The summed E-state index contributed by atoms with van der Waals surface area (Å²) in [6.45, 7) is 1.46. The number of nitrogens with zero attached hydrogens (tertiary/aromatic N) is 3. The molecular weight excluding hydrogens is 490 g/mol. The third kappa shape index (κ3) is 5.84. The highest BCUT2D eigenvalue weighted by Gasteiger charge is 2.55. The summed E-state index contributed by atoms with van der Waals surface area (Å²) in [6, 6.07) is 15.7. The van der Waals surface area contributed by atoms with Crippen molar-refractivity contribution in [3.63, 3.8) is 0 Å². The summed E-state index contributed by atoms with van der Waals surface area (Å²) < 4.78 is 37.2. The van der Waals surface area contributed by atoms with Crippen LogP contribution in [0.4, 0.5) is 0 Å². The molecule has 3 N–H and O–H groups in total. The van der Waals surface area contributed by atoms with Crippen LogP contribution in [0.5, 0.6) is 5.75 Å². The highest BCUT2D eigenvalue weighted by atomic mass is 32.2. The Morgan fingerprint density at radius 1 is 1.19 bits per heavy atom. The zero-order valence-corrected chi connectivity index (χ0v) is 21.5. The van der Waals surface area contributed by atoms with Crippen molar-refractivity contribution < 1.29 is 17.9 Å². The lowest BCUT2D eigenvalue weighted by molar-refractivity contribution is -0.130. The summed E-state index contributed by atoms with van der Waals surface area (Å²) in [6.07, 6.45) is 11.9. The van der Waals surface area contributed by atoms with Gasteiger partial charge in [0.2, 0.25) is 15.9 Å². The first kappa shape index (κ1) is 26.4. The molecule has 1 aliphatic rings. The molecule has 0 saturated heterocycles. The van der Waals surface area contributed by atoms with Gasteiger partial charge in [-0.15, -0.1) is 6.42 Å². The molecule has 4 rings (SSSR count). The fourth-order valence-electron chi connectivity index (χ4n) is 4.99. The smallest absolute Gasteiger partial charge is 0.242 e. The Balaban J connectivity index is 1.71. The minimum atomic E-state index is -4.00. The van der Waals surface area contributed by atoms with Gasteiger partial charge in [-0.2, -0.15) is 9.82 Å². The molecule has 1 aliphatic carbocycles. The van der Waals surface area contributed by atoms with Crippen molar-refractivity contribution in [3.05, 3.63) is 72.8 Å². The maximum Gasteiger partial charge on any atom is 0.242 e. The Morgan fingerprint density at radius 3 is 2.43 bits per heavy atom. The maximum absolute atomic E-state index is 13.3. The fourth-order valence-corrected chi connectivity index (χ4v) is 6.55. The number of nitrogens with two attached hydrogens (primary N) is 1. The van der Waals surface area contributed by atoms with Crippen LogP contribution in [-0.4, -0.2) is 40.7 Å². The lowest BCUT2D eigenvalue weighted by atomic mass is 9.65. The Hall–Kier alpha value is -3.68. The van der Waals surface area contributed by atoms with Gasteiger partial charge in [0.05, 0.1) is 16.9 Å². The van der Waals surface area contributed by atoms with Crippen LogP contribution in [0.3, 0.4) is 0 Å². The molecule has 0 spiro atoms. The molecule has 1 saturated carbocycles. The Bertz CT molecular complexity index is 1350. The first-order valence-corrected chi connectivity index (χ1v) is 13.8. The molecule has 3 aromatic rings. The van der Waals surface area contributed by atoms with Crippen molar-refractivity contribution in [2.24, 2.45) is 11.1 Å². The summed E-state index contributed by atoms with van der Waals surface area (Å²) in [7, 11) is -4.00. The lowest BCUT2D eigenvalue weighted by Gasteiger charge is -2.46. The zero-order chi connectivity index (χ0) is 26.5. The van der Waals surface area contributed by atoms with E-state index in [9.17, 15) is 13.2 Å². The number of hydrogen-bond acceptors (Lipinski definition) is 6. The van der Waals surface area contributed by atoms with Gasteiger partial charge in [0.25, 0.3) is 0 Å². The van der Waals surface area contributed by atoms with E-state index in [1.54, 1.807) is 65.6 Å². The Morgan fingerprint density at radius 2 is 1.86 bits per heavy atom. The number of nitrogens with one attached hydrogen (secondary N) is 1. The van der Waals surface area contributed by atoms with Gasteiger partial charge >= 0.3 is 0 Å². The number of benzene rings is 2. The van der Waals surface area contributed by atoms with Gasteiger partial charge in [-0.25, -0.2) is 18.1 Å². The van der Waals surface area contributed by atoms with Gasteiger partial charge in [0.15, 0.2) is 0 Å². The predicted molar refractivity (Wildman–Crippen MR) is 140 cm³/mol. The lowest BCUT2D eigenvalue weighted by Crippen LogP contribution is -2.68. The van der Waals surface area contributed by atoms with E-state index in [0.717, 1.165) is 24.9 Å². The number of primary amides is 1. The van der Waals surface area contributed by atoms with E-state index in [-0.39, 0.29) is 5.75 Å². The van der Waals surface area contributed by atoms with E-state index >= 15 is 0 Å². The highest BCUT2D eigenvalue weighted by Crippen LogP contribution is 2.44. The van der Waals surface area contributed by atoms with Gasteiger partial charge in [-0.3, -0.25) is 4.79 Å². The topological polar surface area (TPSA) is 129 Å². The van der Waals surface area contributed by atoms with E-state index in [1.807, 2.05) is 0 Å². The summed E-state index contributed by atoms with van der Waals surface area (Å²) in [4.78, 5) is 17.0. The van der Waals surface area contributed by atoms with Crippen molar-refractivity contribution >= 4 is 15.9 Å². The minimum absolute atomic E-state index is 0.320. The molecule has 1 aromatic heterocycles. The van der Waals surface area contributed by atoms with Gasteiger partial charge in [-0.05, 0) is 49.6 Å². The van der Waals surface area contributed by atoms with E-state index in [2.05, 4.69) is 20.7 Å². The van der Waals surface area contributed by atoms with Crippen molar-refractivity contribution in [1.29, 1.82) is 0 Å². The third-order valence-corrected chi connectivity index (χ3v) is 8.36. The number of ether oxygens (including phenoxy) is 1. The molecule has 1 heterocycles. The number of aromatic nitrogens is 3. The highest BCUT2D eigenvalue weighted by molar-refractivity contribution is 7.88. The molecule has 0 aliphatic heterocycles. The molecule has 2 aromatic carbocycles. The Kier molecular flexibility index (Phi) is 7.66. The molecule has 1 amide bonds. The SMILES string of the molecule is C#CC1(C(Oc2ccc(-n3cncn3)cc2)C(C)(NS(=O)(=O)Cc2ccccc2)C(N)=O)CCCCC1. The molecule has 2 unspecified atom stereocenters. The van der Waals surface area contributed by atoms with Crippen molar-refractivity contribution in [1.82, 2.24) is 19.5 Å². The first-order valence-electron chi connectivity index (χ1n) is 12.1.